The van der Waals surface area contributed by atoms with E-state index in [0.717, 1.165) is 17.8 Å². The van der Waals surface area contributed by atoms with Gasteiger partial charge in [-0.15, -0.1) is 11.6 Å². The summed E-state index contributed by atoms with van der Waals surface area (Å²) in [5.41, 5.74) is 0. The third-order valence-electron chi connectivity index (χ3n) is 2.93. The van der Waals surface area contributed by atoms with E-state index in [-0.39, 0.29) is 0 Å². The highest BCUT2D eigenvalue weighted by molar-refractivity contribution is 6.18. The second-order valence-corrected chi connectivity index (χ2v) is 4.11. The van der Waals surface area contributed by atoms with E-state index in [2.05, 4.69) is 4.90 Å². The standard InChI is InChI=1S/C9H16ClN/c10-7-9(8-3-4-8)11-5-1-2-6-11/h8-9H,1-7H2. The summed E-state index contributed by atoms with van der Waals surface area (Å²) in [6.07, 6.45) is 5.63. The summed E-state index contributed by atoms with van der Waals surface area (Å²) in [6.45, 7) is 2.60. The maximum atomic E-state index is 5.94. The van der Waals surface area contributed by atoms with Crippen molar-refractivity contribution in [2.24, 2.45) is 5.92 Å². The molecule has 0 aromatic heterocycles. The molecule has 0 spiro atoms. The van der Waals surface area contributed by atoms with E-state index in [1.54, 1.807) is 0 Å². The topological polar surface area (TPSA) is 3.24 Å². The number of hydrogen-bond donors (Lipinski definition) is 0. The van der Waals surface area contributed by atoms with Gasteiger partial charge in [-0.25, -0.2) is 0 Å². The van der Waals surface area contributed by atoms with Gasteiger partial charge in [-0.1, -0.05) is 0 Å². The predicted molar refractivity (Wildman–Crippen MR) is 48.0 cm³/mol. The number of halogens is 1. The molecule has 1 nitrogen and oxygen atoms in total. The molecular formula is C9H16ClN. The fourth-order valence-corrected chi connectivity index (χ4v) is 2.52. The monoisotopic (exact) mass is 173 g/mol. The molecule has 64 valence electrons. The molecule has 2 heteroatoms. The van der Waals surface area contributed by atoms with Gasteiger partial charge < -0.3 is 0 Å². The van der Waals surface area contributed by atoms with Crippen molar-refractivity contribution < 1.29 is 0 Å². The Morgan fingerprint density at radius 1 is 1.27 bits per heavy atom. The Labute approximate surface area is 73.7 Å². The van der Waals surface area contributed by atoms with E-state index >= 15 is 0 Å². The fraction of sp³-hybridized carbons (Fsp3) is 1.00. The van der Waals surface area contributed by atoms with Gasteiger partial charge in [0.2, 0.25) is 0 Å². The molecule has 0 N–H and O–H groups in total. The van der Waals surface area contributed by atoms with Crippen molar-refractivity contribution in [1.82, 2.24) is 4.90 Å². The highest BCUT2D eigenvalue weighted by atomic mass is 35.5. The van der Waals surface area contributed by atoms with Crippen molar-refractivity contribution in [3.8, 4) is 0 Å². The van der Waals surface area contributed by atoms with Gasteiger partial charge in [0, 0.05) is 11.9 Å². The van der Waals surface area contributed by atoms with Gasteiger partial charge in [-0.3, -0.25) is 4.90 Å². The van der Waals surface area contributed by atoms with Crippen LogP contribution in [0.2, 0.25) is 0 Å². The van der Waals surface area contributed by atoms with E-state index in [9.17, 15) is 0 Å². The Kier molecular flexibility index (Phi) is 2.38. The molecule has 1 unspecified atom stereocenters. The normalized spacial score (nSPS) is 29.2. The number of alkyl halides is 1. The molecule has 1 saturated carbocycles. The lowest BCUT2D eigenvalue weighted by Gasteiger charge is -2.25. The van der Waals surface area contributed by atoms with Crippen molar-refractivity contribution in [1.29, 1.82) is 0 Å². The minimum atomic E-state index is 0.721. The molecule has 1 saturated heterocycles. The van der Waals surface area contributed by atoms with Gasteiger partial charge in [0.05, 0.1) is 0 Å². The van der Waals surface area contributed by atoms with Gasteiger partial charge in [0.1, 0.15) is 0 Å². The third kappa shape index (κ3) is 1.70. The van der Waals surface area contributed by atoms with Crippen LogP contribution in [0.25, 0.3) is 0 Å². The summed E-state index contributed by atoms with van der Waals surface area (Å²) in [6, 6.07) is 0.721. The summed E-state index contributed by atoms with van der Waals surface area (Å²) >= 11 is 5.94. The van der Waals surface area contributed by atoms with Gasteiger partial charge in [-0.05, 0) is 44.7 Å². The lowest BCUT2D eigenvalue weighted by atomic mass is 10.2. The Bertz CT molecular complexity index is 128. The predicted octanol–water partition coefficient (Wildman–Crippen LogP) is 2.10. The largest absolute Gasteiger partial charge is 0.299 e. The molecule has 0 radical (unpaired) electrons. The van der Waals surface area contributed by atoms with Gasteiger partial charge in [0.15, 0.2) is 0 Å². The SMILES string of the molecule is ClCC(C1CC1)N1CCCC1. The molecule has 1 aliphatic heterocycles. The van der Waals surface area contributed by atoms with Crippen molar-refractivity contribution in [2.45, 2.75) is 31.7 Å². The maximum Gasteiger partial charge on any atom is 0.0382 e. The smallest absolute Gasteiger partial charge is 0.0382 e. The zero-order valence-corrected chi connectivity index (χ0v) is 7.69. The molecule has 1 atom stereocenters. The highest BCUT2D eigenvalue weighted by Gasteiger charge is 2.35. The van der Waals surface area contributed by atoms with Crippen LogP contribution in [0.5, 0.6) is 0 Å². The lowest BCUT2D eigenvalue weighted by molar-refractivity contribution is 0.238. The minimum Gasteiger partial charge on any atom is -0.299 e. The zero-order chi connectivity index (χ0) is 7.68. The van der Waals surface area contributed by atoms with Crippen molar-refractivity contribution in [3.05, 3.63) is 0 Å². The van der Waals surface area contributed by atoms with E-state index in [4.69, 9.17) is 11.6 Å². The van der Waals surface area contributed by atoms with Crippen molar-refractivity contribution in [2.75, 3.05) is 19.0 Å². The average Bonchev–Trinajstić information content (AvgIpc) is 2.68. The first-order valence-corrected chi connectivity index (χ1v) is 5.25. The summed E-state index contributed by atoms with van der Waals surface area (Å²) in [5, 5.41) is 0. The Morgan fingerprint density at radius 3 is 2.36 bits per heavy atom. The fourth-order valence-electron chi connectivity index (χ4n) is 2.08. The molecule has 11 heavy (non-hydrogen) atoms. The number of rotatable bonds is 3. The molecule has 1 heterocycles. The van der Waals surface area contributed by atoms with Crippen LogP contribution in [0.15, 0.2) is 0 Å². The van der Waals surface area contributed by atoms with Gasteiger partial charge in [-0.2, -0.15) is 0 Å². The lowest BCUT2D eigenvalue weighted by Crippen LogP contribution is -2.35. The molecule has 0 bridgehead atoms. The molecule has 2 fully saturated rings. The van der Waals surface area contributed by atoms with Crippen LogP contribution in [0.3, 0.4) is 0 Å². The second kappa shape index (κ2) is 3.32. The summed E-state index contributed by atoms with van der Waals surface area (Å²) in [4.78, 5) is 2.59. The first-order valence-electron chi connectivity index (χ1n) is 4.72. The minimum absolute atomic E-state index is 0.721. The van der Waals surface area contributed by atoms with Crippen molar-refractivity contribution in [3.63, 3.8) is 0 Å². The second-order valence-electron chi connectivity index (χ2n) is 3.80. The van der Waals surface area contributed by atoms with Crippen molar-refractivity contribution >= 4 is 11.6 Å². The first kappa shape index (κ1) is 7.88. The number of likely N-dealkylation sites (tertiary alicyclic amines) is 1. The number of nitrogens with zero attached hydrogens (tertiary/aromatic N) is 1. The van der Waals surface area contributed by atoms with Crippen LogP contribution >= 0.6 is 11.6 Å². The van der Waals surface area contributed by atoms with E-state index < -0.39 is 0 Å². The summed E-state index contributed by atoms with van der Waals surface area (Å²) < 4.78 is 0. The molecule has 0 aromatic carbocycles. The zero-order valence-electron chi connectivity index (χ0n) is 6.93. The molecule has 0 aromatic rings. The summed E-state index contributed by atoms with van der Waals surface area (Å²) in [7, 11) is 0. The molecular weight excluding hydrogens is 158 g/mol. The van der Waals surface area contributed by atoms with Crippen LogP contribution in [-0.2, 0) is 0 Å². The molecule has 0 amide bonds. The number of hydrogen-bond acceptors (Lipinski definition) is 1. The third-order valence-corrected chi connectivity index (χ3v) is 3.25. The highest BCUT2D eigenvalue weighted by Crippen LogP contribution is 2.36. The maximum absolute atomic E-state index is 5.94. The summed E-state index contributed by atoms with van der Waals surface area (Å²) in [5.74, 6) is 1.80. The Hall–Kier alpha value is 0.250. The van der Waals surface area contributed by atoms with Crippen LogP contribution in [0.4, 0.5) is 0 Å². The first-order chi connectivity index (χ1) is 5.42. The van der Waals surface area contributed by atoms with Gasteiger partial charge >= 0.3 is 0 Å². The van der Waals surface area contributed by atoms with E-state index in [0.29, 0.717) is 0 Å². The van der Waals surface area contributed by atoms with E-state index in [1.165, 1.54) is 38.8 Å². The quantitative estimate of drug-likeness (QED) is 0.591. The Morgan fingerprint density at radius 2 is 1.91 bits per heavy atom. The van der Waals surface area contributed by atoms with Gasteiger partial charge in [0.25, 0.3) is 0 Å². The van der Waals surface area contributed by atoms with Crippen LogP contribution in [0, 0.1) is 5.92 Å². The van der Waals surface area contributed by atoms with Crippen LogP contribution < -0.4 is 0 Å². The Balaban J connectivity index is 1.87. The van der Waals surface area contributed by atoms with Crippen LogP contribution in [-0.4, -0.2) is 29.9 Å². The molecule has 2 rings (SSSR count). The van der Waals surface area contributed by atoms with E-state index in [1.807, 2.05) is 0 Å². The molecule has 2 aliphatic rings. The van der Waals surface area contributed by atoms with Crippen LogP contribution in [0.1, 0.15) is 25.7 Å². The average molecular weight is 174 g/mol. The molecule has 1 aliphatic carbocycles.